The molecule has 49 heavy (non-hydrogen) atoms. The number of rotatable bonds is 6. The second-order valence-corrected chi connectivity index (χ2v) is 15.3. The minimum atomic E-state index is -1.14. The summed E-state index contributed by atoms with van der Waals surface area (Å²) in [5, 5.41) is 11.6. The number of carbonyl (C=O) groups is 3. The fraction of sp³-hybridized carbons (Fsp3) is 0.564. The van der Waals surface area contributed by atoms with Crippen LogP contribution in [0.15, 0.2) is 70.6 Å². The second-order valence-electron chi connectivity index (χ2n) is 15.3. The van der Waals surface area contributed by atoms with Gasteiger partial charge in [0.15, 0.2) is 6.29 Å². The van der Waals surface area contributed by atoms with Gasteiger partial charge in [-0.25, -0.2) is 4.79 Å². The summed E-state index contributed by atoms with van der Waals surface area (Å²) in [7, 11) is 0. The lowest BCUT2D eigenvalue weighted by Gasteiger charge is -2.66. The number of aliphatic hydroxyl groups excluding tert-OH is 1. The van der Waals surface area contributed by atoms with Gasteiger partial charge in [-0.1, -0.05) is 56.7 Å². The van der Waals surface area contributed by atoms with Crippen LogP contribution in [0.4, 0.5) is 0 Å². The lowest BCUT2D eigenvalue weighted by Crippen LogP contribution is -2.72. The maximum Gasteiger partial charge on any atom is 0.331 e. The predicted molar refractivity (Wildman–Crippen MR) is 176 cm³/mol. The Labute approximate surface area is 286 Å². The molecular weight excluding hydrogens is 628 g/mol. The monoisotopic (exact) mass is 674 g/mol. The molecule has 1 aromatic heterocycles. The van der Waals surface area contributed by atoms with Gasteiger partial charge in [0.25, 0.3) is 0 Å². The van der Waals surface area contributed by atoms with Gasteiger partial charge in [-0.3, -0.25) is 9.59 Å². The van der Waals surface area contributed by atoms with Crippen molar-refractivity contribution in [2.24, 2.45) is 28.1 Å². The Hall–Kier alpha value is -3.73. The fourth-order valence-corrected chi connectivity index (χ4v) is 10.8. The molecule has 10 heteroatoms. The second kappa shape index (κ2) is 12.2. The maximum atomic E-state index is 13.9. The normalized spacial score (nSPS) is 41.0. The van der Waals surface area contributed by atoms with Crippen molar-refractivity contribution in [1.29, 1.82) is 0 Å². The first-order chi connectivity index (χ1) is 23.3. The Bertz CT molecular complexity index is 1660. The average Bonchev–Trinajstić information content (AvgIpc) is 3.76. The van der Waals surface area contributed by atoms with Crippen molar-refractivity contribution >= 4 is 24.0 Å². The largest absolute Gasteiger partial charge is 0.472 e. The molecule has 1 aromatic carbocycles. The Kier molecular flexibility index (Phi) is 8.44. The summed E-state index contributed by atoms with van der Waals surface area (Å²) in [4.78, 5) is 39.1. The Morgan fingerprint density at radius 3 is 2.33 bits per heavy atom. The van der Waals surface area contributed by atoms with E-state index in [1.807, 2.05) is 43.3 Å². The standard InChI is InChI=1S/C39H46O10/c1-21-26(25-14-15-44-19-25)16-27-33(21)39(6)28(17-32(43)48-27)38(5)30(47-23(3)41)18-29(46-22(2)40)37(4)20-45-34(35(37)38)36(39)49-31(42)13-12-24-10-8-7-9-11-24/h7-15,19,26-30,32,34-36,43H,16-18,20H2,1-6H3/b13-12+/t26-,27-,28-,29+,30-,32+,34+,35-,36+,37+,38-,39+/m0/s1. The van der Waals surface area contributed by atoms with E-state index < -0.39 is 76.9 Å². The van der Waals surface area contributed by atoms with Crippen molar-refractivity contribution in [3.05, 3.63) is 77.3 Å². The first-order valence-electron chi connectivity index (χ1n) is 17.2. The zero-order valence-electron chi connectivity index (χ0n) is 28.9. The minimum absolute atomic E-state index is 0.0416. The number of esters is 3. The summed E-state index contributed by atoms with van der Waals surface area (Å²) in [6, 6.07) is 11.5. The molecule has 0 spiro atoms. The summed E-state index contributed by atoms with van der Waals surface area (Å²) in [5.41, 5.74) is 1.45. The lowest BCUT2D eigenvalue weighted by atomic mass is 9.39. The minimum Gasteiger partial charge on any atom is -0.472 e. The summed E-state index contributed by atoms with van der Waals surface area (Å²) >= 11 is 0. The molecule has 2 saturated carbocycles. The molecule has 2 aliphatic heterocycles. The molecule has 0 amide bonds. The third-order valence-corrected chi connectivity index (χ3v) is 12.6. The highest BCUT2D eigenvalue weighted by Crippen LogP contribution is 2.72. The van der Waals surface area contributed by atoms with Crippen LogP contribution in [0.25, 0.3) is 6.08 Å². The molecule has 3 aliphatic carbocycles. The van der Waals surface area contributed by atoms with Crippen molar-refractivity contribution < 1.29 is 47.6 Å². The fourth-order valence-electron chi connectivity index (χ4n) is 10.8. The zero-order valence-corrected chi connectivity index (χ0v) is 28.9. The van der Waals surface area contributed by atoms with Gasteiger partial charge in [0, 0.05) is 60.8 Å². The lowest BCUT2D eigenvalue weighted by molar-refractivity contribution is -0.261. The summed E-state index contributed by atoms with van der Waals surface area (Å²) < 4.78 is 37.5. The van der Waals surface area contributed by atoms with Gasteiger partial charge in [0.05, 0.1) is 31.3 Å². The molecule has 0 radical (unpaired) electrons. The molecule has 10 nitrogen and oxygen atoms in total. The topological polar surface area (TPSA) is 131 Å². The van der Waals surface area contributed by atoms with E-state index in [2.05, 4.69) is 20.8 Å². The van der Waals surface area contributed by atoms with E-state index in [1.165, 1.54) is 19.9 Å². The van der Waals surface area contributed by atoms with Gasteiger partial charge < -0.3 is 33.2 Å². The van der Waals surface area contributed by atoms with Gasteiger partial charge in [-0.15, -0.1) is 0 Å². The van der Waals surface area contributed by atoms with Gasteiger partial charge in [0.1, 0.15) is 18.3 Å². The van der Waals surface area contributed by atoms with E-state index in [0.717, 1.165) is 22.3 Å². The molecule has 7 rings (SSSR count). The van der Waals surface area contributed by atoms with E-state index in [0.29, 0.717) is 6.42 Å². The van der Waals surface area contributed by atoms with Crippen LogP contribution in [0, 0.1) is 28.1 Å². The highest BCUT2D eigenvalue weighted by Gasteiger charge is 2.77. The molecular formula is C39H46O10. The summed E-state index contributed by atoms with van der Waals surface area (Å²) in [6.45, 7) is 11.3. The van der Waals surface area contributed by atoms with Crippen LogP contribution in [0.1, 0.15) is 77.8 Å². The smallest absolute Gasteiger partial charge is 0.331 e. The van der Waals surface area contributed by atoms with Gasteiger partial charge >= 0.3 is 17.9 Å². The number of ether oxygens (including phenoxy) is 5. The number of hydrogen-bond acceptors (Lipinski definition) is 10. The Balaban J connectivity index is 1.42. The first kappa shape index (κ1) is 33.8. The highest BCUT2D eigenvalue weighted by atomic mass is 16.6. The quantitative estimate of drug-likeness (QED) is 0.175. The van der Waals surface area contributed by atoms with Crippen LogP contribution in [-0.2, 0) is 38.1 Å². The van der Waals surface area contributed by atoms with E-state index in [-0.39, 0.29) is 31.3 Å². The van der Waals surface area contributed by atoms with Crippen LogP contribution in [0.5, 0.6) is 0 Å². The first-order valence-corrected chi connectivity index (χ1v) is 17.2. The highest BCUT2D eigenvalue weighted by molar-refractivity contribution is 5.87. The van der Waals surface area contributed by atoms with Crippen LogP contribution >= 0.6 is 0 Å². The molecule has 12 atom stereocenters. The van der Waals surface area contributed by atoms with Crippen LogP contribution in [-0.4, -0.2) is 66.4 Å². The van der Waals surface area contributed by atoms with Crippen molar-refractivity contribution in [2.75, 3.05) is 6.61 Å². The summed E-state index contributed by atoms with van der Waals surface area (Å²) in [6.07, 6.45) is 3.23. The predicted octanol–water partition coefficient (Wildman–Crippen LogP) is 5.75. The van der Waals surface area contributed by atoms with Crippen molar-refractivity contribution in [3.63, 3.8) is 0 Å². The zero-order chi connectivity index (χ0) is 34.9. The molecule has 0 unspecified atom stereocenters. The number of benzene rings is 1. The number of aliphatic hydroxyl groups is 1. The molecule has 262 valence electrons. The number of allylic oxidation sites excluding steroid dienone is 1. The molecule has 1 N–H and O–H groups in total. The van der Waals surface area contributed by atoms with Gasteiger partial charge in [-0.05, 0) is 48.1 Å². The number of hydrogen-bond donors (Lipinski definition) is 1. The Morgan fingerprint density at radius 2 is 1.65 bits per heavy atom. The average molecular weight is 675 g/mol. The van der Waals surface area contributed by atoms with E-state index in [9.17, 15) is 19.5 Å². The Morgan fingerprint density at radius 1 is 0.939 bits per heavy atom. The van der Waals surface area contributed by atoms with E-state index in [4.69, 9.17) is 28.1 Å². The van der Waals surface area contributed by atoms with Crippen LogP contribution in [0.2, 0.25) is 0 Å². The van der Waals surface area contributed by atoms with E-state index >= 15 is 0 Å². The van der Waals surface area contributed by atoms with Crippen LogP contribution < -0.4 is 0 Å². The van der Waals surface area contributed by atoms with Crippen LogP contribution in [0.3, 0.4) is 0 Å². The maximum absolute atomic E-state index is 13.9. The number of furan rings is 1. The molecule has 0 bridgehead atoms. The van der Waals surface area contributed by atoms with Crippen molar-refractivity contribution in [1.82, 2.24) is 0 Å². The summed E-state index contributed by atoms with van der Waals surface area (Å²) in [5.74, 6) is -2.25. The number of fused-ring (bicyclic) bond motifs is 4. The van der Waals surface area contributed by atoms with Gasteiger partial charge in [0.2, 0.25) is 0 Å². The molecule has 2 aromatic rings. The molecule has 2 saturated heterocycles. The SMILES string of the molecule is CC(=O)O[C@H]1C[C@@H](OC(C)=O)[C@@]2(C)CO[C@H]3[C@@H](OC(=O)/C=C/c4ccccc4)[C@@]4(C)C5=C(C)[C@@H](c6ccoc6)C[C@@H]5O[C@@H](O)C[C@H]4[C@]1(C)[C@@H]32. The van der Waals surface area contributed by atoms with Crippen molar-refractivity contribution in [2.45, 2.75) is 104 Å². The molecule has 4 fully saturated rings. The van der Waals surface area contributed by atoms with E-state index in [1.54, 1.807) is 18.6 Å². The molecule has 3 heterocycles. The third kappa shape index (κ3) is 5.29. The van der Waals surface area contributed by atoms with Gasteiger partial charge in [-0.2, -0.15) is 0 Å². The third-order valence-electron chi connectivity index (χ3n) is 12.6. The number of carbonyl (C=O) groups excluding carboxylic acids is 3. The van der Waals surface area contributed by atoms with Crippen molar-refractivity contribution in [3.8, 4) is 0 Å². The molecule has 5 aliphatic rings.